The highest BCUT2D eigenvalue weighted by Gasteiger charge is 1.88. The lowest BCUT2D eigenvalue weighted by atomic mass is 10.5. The van der Waals surface area contributed by atoms with Crippen LogP contribution in [0.1, 0.15) is 6.92 Å². The second-order valence-electron chi connectivity index (χ2n) is 1.26. The Morgan fingerprint density at radius 1 is 1.75 bits per heavy atom. The Morgan fingerprint density at radius 3 is 2.38 bits per heavy atom. The highest BCUT2D eigenvalue weighted by molar-refractivity contribution is 8.03. The van der Waals surface area contributed by atoms with Gasteiger partial charge in [-0.15, -0.1) is 11.8 Å². The number of hydrogen-bond donors (Lipinski definition) is 0. The smallest absolute Gasteiger partial charge is 0.154 e. The number of rotatable bonds is 2. The van der Waals surface area contributed by atoms with Gasteiger partial charge in [-0.1, -0.05) is 11.6 Å². The molecule has 0 bridgehead atoms. The zero-order chi connectivity index (χ0) is 6.57. The lowest BCUT2D eigenvalue weighted by molar-refractivity contribution is -0.112. The van der Waals surface area contributed by atoms with E-state index in [9.17, 15) is 4.79 Å². The average molecular weight is 151 g/mol. The predicted molar refractivity (Wildman–Crippen MR) is 38.1 cm³/mol. The molecule has 0 atom stereocenters. The van der Waals surface area contributed by atoms with E-state index in [0.29, 0.717) is 4.36 Å². The first-order valence-electron chi connectivity index (χ1n) is 2.08. The highest BCUT2D eigenvalue weighted by Crippen LogP contribution is 2.14. The van der Waals surface area contributed by atoms with E-state index in [1.807, 2.05) is 6.26 Å². The lowest BCUT2D eigenvalue weighted by Gasteiger charge is -1.85. The lowest BCUT2D eigenvalue weighted by Crippen LogP contribution is -1.79. The first-order chi connectivity index (χ1) is 3.66. The Labute approximate surface area is 58.1 Å². The topological polar surface area (TPSA) is 17.1 Å². The fraction of sp³-hybridized carbons (Fsp3) is 0.400. The molecule has 0 saturated carbocycles. The molecule has 0 radical (unpaired) electrons. The summed E-state index contributed by atoms with van der Waals surface area (Å²) in [6.45, 7) is 1.47. The quantitative estimate of drug-likeness (QED) is 0.561. The van der Waals surface area contributed by atoms with Crippen molar-refractivity contribution < 1.29 is 4.79 Å². The third-order valence-electron chi connectivity index (χ3n) is 0.512. The molecule has 0 spiro atoms. The van der Waals surface area contributed by atoms with Crippen LogP contribution in [0.15, 0.2) is 10.4 Å². The standard InChI is InChI=1S/C5H7ClOS/c1-4(7)3-5(6)8-2/h3H,1-2H3. The first kappa shape index (κ1) is 8.05. The van der Waals surface area contributed by atoms with Crippen molar-refractivity contribution in [3.05, 3.63) is 10.4 Å². The van der Waals surface area contributed by atoms with Crippen LogP contribution in [0.5, 0.6) is 0 Å². The average Bonchev–Trinajstić information content (AvgIpc) is 1.65. The van der Waals surface area contributed by atoms with Crippen molar-refractivity contribution in [2.45, 2.75) is 6.92 Å². The Bertz CT molecular complexity index is 120. The number of hydrogen-bond acceptors (Lipinski definition) is 2. The fourth-order valence-corrected chi connectivity index (χ4v) is 0.656. The van der Waals surface area contributed by atoms with Crippen molar-refractivity contribution in [3.63, 3.8) is 0 Å². The summed E-state index contributed by atoms with van der Waals surface area (Å²) in [5.74, 6) is -0.00986. The van der Waals surface area contributed by atoms with E-state index in [1.54, 1.807) is 0 Å². The summed E-state index contributed by atoms with van der Waals surface area (Å²) in [6, 6.07) is 0. The minimum Gasteiger partial charge on any atom is -0.295 e. The SMILES string of the molecule is CSC(Cl)=CC(C)=O. The minimum atomic E-state index is -0.00986. The Hall–Kier alpha value is 0.0500. The minimum absolute atomic E-state index is 0.00986. The third-order valence-corrected chi connectivity index (χ3v) is 1.59. The van der Waals surface area contributed by atoms with Gasteiger partial charge in [0.15, 0.2) is 5.78 Å². The maximum Gasteiger partial charge on any atom is 0.154 e. The highest BCUT2D eigenvalue weighted by atomic mass is 35.5. The molecule has 0 saturated heterocycles. The molecule has 3 heteroatoms. The molecule has 46 valence electrons. The van der Waals surface area contributed by atoms with Crippen LogP contribution in [-0.4, -0.2) is 12.0 Å². The van der Waals surface area contributed by atoms with Gasteiger partial charge >= 0.3 is 0 Å². The van der Waals surface area contributed by atoms with E-state index in [4.69, 9.17) is 11.6 Å². The van der Waals surface area contributed by atoms with Gasteiger partial charge in [-0.25, -0.2) is 0 Å². The van der Waals surface area contributed by atoms with Crippen LogP contribution in [0, 0.1) is 0 Å². The zero-order valence-electron chi connectivity index (χ0n) is 4.77. The zero-order valence-corrected chi connectivity index (χ0v) is 6.34. The second-order valence-corrected chi connectivity index (χ2v) is 2.74. The fourth-order valence-electron chi connectivity index (χ4n) is 0.219. The molecule has 0 aliphatic rings. The van der Waals surface area contributed by atoms with Crippen molar-refractivity contribution in [2.75, 3.05) is 6.26 Å². The molecular weight excluding hydrogens is 144 g/mol. The van der Waals surface area contributed by atoms with E-state index >= 15 is 0 Å². The number of thioether (sulfide) groups is 1. The Balaban J connectivity index is 3.75. The van der Waals surface area contributed by atoms with Crippen molar-refractivity contribution >= 4 is 29.1 Å². The second kappa shape index (κ2) is 3.98. The summed E-state index contributed by atoms with van der Waals surface area (Å²) < 4.78 is 0.539. The van der Waals surface area contributed by atoms with E-state index in [1.165, 1.54) is 24.8 Å². The van der Waals surface area contributed by atoms with Gasteiger partial charge in [-0.3, -0.25) is 4.79 Å². The van der Waals surface area contributed by atoms with Crippen LogP contribution in [0.25, 0.3) is 0 Å². The third kappa shape index (κ3) is 4.22. The molecule has 0 N–H and O–H groups in total. The monoisotopic (exact) mass is 150 g/mol. The molecule has 0 fully saturated rings. The molecule has 8 heavy (non-hydrogen) atoms. The summed E-state index contributed by atoms with van der Waals surface area (Å²) in [6.07, 6.45) is 3.22. The van der Waals surface area contributed by atoms with Gasteiger partial charge in [0, 0.05) is 6.08 Å². The van der Waals surface area contributed by atoms with E-state index < -0.39 is 0 Å². The predicted octanol–water partition coefficient (Wildman–Crippen LogP) is 2.02. The number of ketones is 1. The van der Waals surface area contributed by atoms with Crippen molar-refractivity contribution in [2.24, 2.45) is 0 Å². The summed E-state index contributed by atoms with van der Waals surface area (Å²) in [5, 5.41) is 0. The molecule has 0 aromatic carbocycles. The van der Waals surface area contributed by atoms with Gasteiger partial charge in [0.1, 0.15) is 0 Å². The van der Waals surface area contributed by atoms with Gasteiger partial charge in [0.25, 0.3) is 0 Å². The van der Waals surface area contributed by atoms with E-state index in [2.05, 4.69) is 0 Å². The van der Waals surface area contributed by atoms with E-state index in [-0.39, 0.29) is 5.78 Å². The van der Waals surface area contributed by atoms with Gasteiger partial charge in [0.05, 0.1) is 4.36 Å². The van der Waals surface area contributed by atoms with Crippen LogP contribution in [0.4, 0.5) is 0 Å². The Kier molecular flexibility index (Phi) is 4.01. The van der Waals surface area contributed by atoms with Gasteiger partial charge in [0.2, 0.25) is 0 Å². The maximum atomic E-state index is 10.2. The maximum absolute atomic E-state index is 10.2. The molecule has 0 rings (SSSR count). The van der Waals surface area contributed by atoms with Crippen LogP contribution in [-0.2, 0) is 4.79 Å². The van der Waals surface area contributed by atoms with Gasteiger partial charge in [-0.2, -0.15) is 0 Å². The largest absolute Gasteiger partial charge is 0.295 e. The molecule has 0 aromatic rings. The summed E-state index contributed by atoms with van der Waals surface area (Å²) in [5.41, 5.74) is 0. The van der Waals surface area contributed by atoms with Crippen molar-refractivity contribution in [1.29, 1.82) is 0 Å². The van der Waals surface area contributed by atoms with Crippen LogP contribution in [0.3, 0.4) is 0 Å². The van der Waals surface area contributed by atoms with Crippen molar-refractivity contribution in [3.8, 4) is 0 Å². The van der Waals surface area contributed by atoms with Gasteiger partial charge in [-0.05, 0) is 13.2 Å². The molecule has 0 aliphatic heterocycles. The molecule has 0 aromatic heterocycles. The normalized spacial score (nSPS) is 11.6. The number of carbonyl (C=O) groups excluding carboxylic acids is 1. The molecule has 0 heterocycles. The van der Waals surface area contributed by atoms with Gasteiger partial charge < -0.3 is 0 Å². The molecule has 0 aliphatic carbocycles. The van der Waals surface area contributed by atoms with Crippen LogP contribution < -0.4 is 0 Å². The van der Waals surface area contributed by atoms with Crippen LogP contribution in [0.2, 0.25) is 0 Å². The number of carbonyl (C=O) groups is 1. The van der Waals surface area contributed by atoms with Crippen molar-refractivity contribution in [1.82, 2.24) is 0 Å². The summed E-state index contributed by atoms with van der Waals surface area (Å²) in [7, 11) is 0. The summed E-state index contributed by atoms with van der Waals surface area (Å²) >= 11 is 6.82. The molecular formula is C5H7ClOS. The number of allylic oxidation sites excluding steroid dienone is 1. The Morgan fingerprint density at radius 2 is 2.25 bits per heavy atom. The van der Waals surface area contributed by atoms with E-state index in [0.717, 1.165) is 0 Å². The first-order valence-corrected chi connectivity index (χ1v) is 3.69. The molecule has 1 nitrogen and oxygen atoms in total. The summed E-state index contributed by atoms with van der Waals surface area (Å²) in [4.78, 5) is 10.2. The molecule has 0 unspecified atom stereocenters. The molecule has 0 amide bonds. The number of halogens is 1. The van der Waals surface area contributed by atoms with Crippen LogP contribution >= 0.6 is 23.4 Å².